The maximum absolute atomic E-state index is 5.52. The molecular weight excluding hydrogens is 210 g/mol. The number of benzene rings is 1. The normalized spacial score (nSPS) is 20.1. The molecule has 1 atom stereocenters. The highest BCUT2D eigenvalue weighted by atomic mass is 16.5. The topological polar surface area (TPSA) is 12.5 Å². The first-order valence-corrected chi connectivity index (χ1v) is 6.27. The molecule has 0 bridgehead atoms. The van der Waals surface area contributed by atoms with Crippen molar-refractivity contribution in [2.24, 2.45) is 5.92 Å². The van der Waals surface area contributed by atoms with Gasteiger partial charge in [0, 0.05) is 12.2 Å². The summed E-state index contributed by atoms with van der Waals surface area (Å²) in [6, 6.07) is 11.1. The lowest BCUT2D eigenvalue weighted by Gasteiger charge is -2.39. The number of nitrogens with zero attached hydrogens (tertiary/aromatic N) is 1. The maximum atomic E-state index is 5.52. The van der Waals surface area contributed by atoms with E-state index >= 15 is 0 Å². The van der Waals surface area contributed by atoms with E-state index in [1.54, 1.807) is 0 Å². The molecule has 2 rings (SSSR count). The first kappa shape index (κ1) is 12.0. The van der Waals surface area contributed by atoms with E-state index in [1.165, 1.54) is 11.3 Å². The first-order valence-electron chi connectivity index (χ1n) is 6.27. The Balaban J connectivity index is 2.15. The molecule has 92 valence electrons. The van der Waals surface area contributed by atoms with E-state index in [0.717, 1.165) is 13.2 Å². The predicted molar refractivity (Wildman–Crippen MR) is 70.3 cm³/mol. The zero-order chi connectivity index (χ0) is 12.3. The van der Waals surface area contributed by atoms with Gasteiger partial charge in [-0.1, -0.05) is 44.2 Å². The zero-order valence-electron chi connectivity index (χ0n) is 10.9. The van der Waals surface area contributed by atoms with Crippen LogP contribution in [0.5, 0.6) is 0 Å². The third kappa shape index (κ3) is 2.82. The van der Waals surface area contributed by atoms with Crippen LogP contribution in [0.2, 0.25) is 0 Å². The summed E-state index contributed by atoms with van der Waals surface area (Å²) in [5.41, 5.74) is 2.58. The Hall–Kier alpha value is -1.44. The molecular formula is C15H21NO. The number of hydrogen-bond donors (Lipinski definition) is 0. The minimum Gasteiger partial charge on any atom is -0.497 e. The van der Waals surface area contributed by atoms with Crippen LogP contribution in [0.4, 0.5) is 0 Å². The Morgan fingerprint density at radius 2 is 2.00 bits per heavy atom. The van der Waals surface area contributed by atoms with Crippen LogP contribution in [0.1, 0.15) is 26.3 Å². The molecule has 0 fully saturated rings. The molecule has 17 heavy (non-hydrogen) atoms. The highest BCUT2D eigenvalue weighted by Crippen LogP contribution is 2.23. The van der Waals surface area contributed by atoms with Crippen molar-refractivity contribution in [1.29, 1.82) is 0 Å². The van der Waals surface area contributed by atoms with Gasteiger partial charge in [-0.2, -0.15) is 0 Å². The van der Waals surface area contributed by atoms with Crippen molar-refractivity contribution in [3.05, 3.63) is 47.9 Å². The van der Waals surface area contributed by atoms with Gasteiger partial charge in [0.25, 0.3) is 0 Å². The molecule has 1 aromatic carbocycles. The highest BCUT2D eigenvalue weighted by molar-refractivity contribution is 5.16. The number of rotatable bonds is 3. The Morgan fingerprint density at radius 3 is 2.65 bits per heavy atom. The van der Waals surface area contributed by atoms with Gasteiger partial charge < -0.3 is 9.64 Å². The van der Waals surface area contributed by atoms with Gasteiger partial charge in [0.05, 0.1) is 6.04 Å². The smallest absolute Gasteiger partial charge is 0.108 e. The highest BCUT2D eigenvalue weighted by Gasteiger charge is 2.25. The van der Waals surface area contributed by atoms with Gasteiger partial charge in [0.15, 0.2) is 0 Å². The fraction of sp³-hybridized carbons (Fsp3) is 0.467. The molecule has 0 aromatic heterocycles. The monoisotopic (exact) mass is 231 g/mol. The van der Waals surface area contributed by atoms with Crippen molar-refractivity contribution in [2.45, 2.75) is 33.4 Å². The number of allylic oxidation sites excluding steroid dienone is 1. The van der Waals surface area contributed by atoms with Crippen molar-refractivity contribution in [2.75, 3.05) is 6.61 Å². The average Bonchev–Trinajstić information content (AvgIpc) is 2.33. The molecule has 2 nitrogen and oxygen atoms in total. The summed E-state index contributed by atoms with van der Waals surface area (Å²) in [6.07, 6.45) is 1.88. The summed E-state index contributed by atoms with van der Waals surface area (Å²) in [7, 11) is 0. The van der Waals surface area contributed by atoms with Gasteiger partial charge in [-0.25, -0.2) is 0 Å². The summed E-state index contributed by atoms with van der Waals surface area (Å²) < 4.78 is 5.52. The molecule has 0 amide bonds. The van der Waals surface area contributed by atoms with E-state index in [2.05, 4.69) is 56.0 Å². The molecule has 0 saturated heterocycles. The fourth-order valence-electron chi connectivity index (χ4n) is 2.26. The van der Waals surface area contributed by atoms with Crippen molar-refractivity contribution in [3.63, 3.8) is 0 Å². The Bertz CT molecular complexity index is 383. The van der Waals surface area contributed by atoms with Gasteiger partial charge in [-0.05, 0) is 18.4 Å². The third-order valence-electron chi connectivity index (χ3n) is 3.34. The predicted octanol–water partition coefficient (Wildman–Crippen LogP) is 3.40. The number of ether oxygens (including phenoxy) is 1. The lowest BCUT2D eigenvalue weighted by Crippen LogP contribution is -2.42. The second kappa shape index (κ2) is 5.26. The molecule has 1 aliphatic heterocycles. The molecule has 0 saturated carbocycles. The summed E-state index contributed by atoms with van der Waals surface area (Å²) in [5.74, 6) is 0.599. The van der Waals surface area contributed by atoms with Crippen LogP contribution in [0.25, 0.3) is 0 Å². The summed E-state index contributed by atoms with van der Waals surface area (Å²) in [6.45, 7) is 8.39. The van der Waals surface area contributed by atoms with Crippen LogP contribution in [-0.2, 0) is 11.3 Å². The van der Waals surface area contributed by atoms with Gasteiger partial charge >= 0.3 is 0 Å². The second-order valence-corrected chi connectivity index (χ2v) is 5.02. The van der Waals surface area contributed by atoms with Crippen LogP contribution in [0.3, 0.4) is 0 Å². The van der Waals surface area contributed by atoms with Gasteiger partial charge in [-0.3, -0.25) is 0 Å². The summed E-state index contributed by atoms with van der Waals surface area (Å²) >= 11 is 0. The molecule has 0 N–H and O–H groups in total. The van der Waals surface area contributed by atoms with E-state index in [-0.39, 0.29) is 0 Å². The summed E-state index contributed by atoms with van der Waals surface area (Å²) in [5, 5.41) is 0. The van der Waals surface area contributed by atoms with Crippen LogP contribution >= 0.6 is 0 Å². The van der Waals surface area contributed by atoms with Gasteiger partial charge in [0.1, 0.15) is 12.9 Å². The van der Waals surface area contributed by atoms with E-state index in [9.17, 15) is 0 Å². The standard InChI is InChI=1S/C15H21NO/c1-12(2)15-11-17-10-13(3)16(15)9-14-7-5-4-6-8-14/h4-8,10,12,15H,9,11H2,1-3H3. The van der Waals surface area contributed by atoms with Crippen molar-refractivity contribution >= 4 is 0 Å². The van der Waals surface area contributed by atoms with E-state index in [1.807, 2.05) is 6.26 Å². The van der Waals surface area contributed by atoms with Gasteiger partial charge in [-0.15, -0.1) is 0 Å². The maximum Gasteiger partial charge on any atom is 0.108 e. The molecule has 0 aliphatic carbocycles. The number of hydrogen-bond acceptors (Lipinski definition) is 2. The lowest BCUT2D eigenvalue weighted by molar-refractivity contribution is 0.0669. The minimum atomic E-state index is 0.472. The third-order valence-corrected chi connectivity index (χ3v) is 3.34. The van der Waals surface area contributed by atoms with Crippen LogP contribution in [0.15, 0.2) is 42.3 Å². The summed E-state index contributed by atoms with van der Waals surface area (Å²) in [4.78, 5) is 2.45. The molecule has 1 aliphatic rings. The quantitative estimate of drug-likeness (QED) is 0.790. The van der Waals surface area contributed by atoms with Gasteiger partial charge in [0.2, 0.25) is 0 Å². The Labute approximate surface area is 104 Å². The molecule has 0 radical (unpaired) electrons. The van der Waals surface area contributed by atoms with Crippen LogP contribution in [-0.4, -0.2) is 17.5 Å². The molecule has 1 aromatic rings. The Morgan fingerprint density at radius 1 is 1.29 bits per heavy atom. The minimum absolute atomic E-state index is 0.472. The largest absolute Gasteiger partial charge is 0.497 e. The van der Waals surface area contributed by atoms with E-state index in [0.29, 0.717) is 12.0 Å². The average molecular weight is 231 g/mol. The van der Waals surface area contributed by atoms with Crippen molar-refractivity contribution in [1.82, 2.24) is 4.90 Å². The Kier molecular flexibility index (Phi) is 3.72. The van der Waals surface area contributed by atoms with E-state index < -0.39 is 0 Å². The zero-order valence-corrected chi connectivity index (χ0v) is 10.9. The van der Waals surface area contributed by atoms with E-state index in [4.69, 9.17) is 4.74 Å². The SMILES string of the molecule is CC1=COCC(C(C)C)N1Cc1ccccc1. The molecule has 1 heterocycles. The molecule has 0 spiro atoms. The fourth-order valence-corrected chi connectivity index (χ4v) is 2.26. The first-order chi connectivity index (χ1) is 8.18. The molecule has 1 unspecified atom stereocenters. The van der Waals surface area contributed by atoms with Crippen molar-refractivity contribution < 1.29 is 4.74 Å². The van der Waals surface area contributed by atoms with Crippen LogP contribution < -0.4 is 0 Å². The molecule has 2 heteroatoms. The van der Waals surface area contributed by atoms with Crippen molar-refractivity contribution in [3.8, 4) is 0 Å². The second-order valence-electron chi connectivity index (χ2n) is 5.02. The lowest BCUT2D eigenvalue weighted by atomic mass is 10.0. The van der Waals surface area contributed by atoms with Crippen LogP contribution in [0, 0.1) is 5.92 Å².